The number of anilines is 2. The van der Waals surface area contributed by atoms with Crippen molar-refractivity contribution in [1.82, 2.24) is 0 Å². The summed E-state index contributed by atoms with van der Waals surface area (Å²) in [4.78, 5) is 0. The Balaban J connectivity index is 0.000000249. The number of aliphatic hydroxyl groups is 3. The van der Waals surface area contributed by atoms with Crippen LogP contribution in [0.3, 0.4) is 0 Å². The molecule has 0 aromatic heterocycles. The van der Waals surface area contributed by atoms with Crippen LogP contribution < -0.4 is 16.2 Å². The van der Waals surface area contributed by atoms with Gasteiger partial charge in [-0.15, -0.1) is 0 Å². The number of nitrogen functional groups attached to an aromatic ring is 2. The molecule has 0 unspecified atom stereocenters. The molecular formula is C17H20N2O5. The van der Waals surface area contributed by atoms with E-state index < -0.39 is 24.6 Å². The number of rotatable bonds is 3. The normalized spacial score (nSPS) is 19.2. The van der Waals surface area contributed by atoms with Gasteiger partial charge in [-0.3, -0.25) is 0 Å². The van der Waals surface area contributed by atoms with Crippen molar-refractivity contribution < 1.29 is 24.8 Å². The van der Waals surface area contributed by atoms with Crippen LogP contribution in [0.1, 0.15) is 0 Å². The van der Waals surface area contributed by atoms with Gasteiger partial charge in [0.05, 0.1) is 6.61 Å². The molecule has 0 saturated heterocycles. The maximum Gasteiger partial charge on any atom is 0.327 e. The fourth-order valence-electron chi connectivity index (χ4n) is 1.91. The molecule has 0 bridgehead atoms. The third-order valence-corrected chi connectivity index (χ3v) is 3.15. The van der Waals surface area contributed by atoms with Gasteiger partial charge in [0.15, 0.2) is 12.2 Å². The molecular weight excluding hydrogens is 312 g/mol. The second-order valence-electron chi connectivity index (χ2n) is 5.04. The number of ether oxygens (including phenoxy) is 2. The number of para-hydroxylation sites is 1. The molecule has 2 aromatic rings. The van der Waals surface area contributed by atoms with Gasteiger partial charge in [-0.2, -0.15) is 0 Å². The number of hydrogen-bond donors (Lipinski definition) is 5. The summed E-state index contributed by atoms with van der Waals surface area (Å²) in [5.74, 6) is -0.286. The molecule has 1 heterocycles. The molecule has 1 aliphatic heterocycles. The Labute approximate surface area is 139 Å². The highest BCUT2D eigenvalue weighted by molar-refractivity contribution is 5.44. The van der Waals surface area contributed by atoms with Crippen molar-refractivity contribution in [2.24, 2.45) is 0 Å². The molecule has 7 heteroatoms. The van der Waals surface area contributed by atoms with Crippen molar-refractivity contribution in [2.45, 2.75) is 12.2 Å². The lowest BCUT2D eigenvalue weighted by atomic mass is 10.2. The average Bonchev–Trinajstić information content (AvgIpc) is 2.84. The minimum atomic E-state index is -1.28. The first-order chi connectivity index (χ1) is 11.5. The first kappa shape index (κ1) is 17.5. The maximum absolute atomic E-state index is 9.53. The van der Waals surface area contributed by atoms with E-state index in [0.717, 1.165) is 5.69 Å². The summed E-state index contributed by atoms with van der Waals surface area (Å²) in [7, 11) is 0. The number of aliphatic hydroxyl groups excluding tert-OH is 3. The maximum atomic E-state index is 9.53. The molecule has 128 valence electrons. The molecule has 0 saturated carbocycles. The Hall–Kier alpha value is -2.90. The Bertz CT molecular complexity index is 690. The van der Waals surface area contributed by atoms with E-state index in [9.17, 15) is 10.2 Å². The summed E-state index contributed by atoms with van der Waals surface area (Å²) in [6.45, 7) is -0.422. The summed E-state index contributed by atoms with van der Waals surface area (Å²) in [6.07, 6.45) is -2.19. The lowest BCUT2D eigenvalue weighted by Crippen LogP contribution is -2.27. The van der Waals surface area contributed by atoms with E-state index >= 15 is 0 Å². The van der Waals surface area contributed by atoms with E-state index in [0.29, 0.717) is 11.4 Å². The summed E-state index contributed by atoms with van der Waals surface area (Å²) < 4.78 is 10.3. The van der Waals surface area contributed by atoms with Crippen molar-refractivity contribution >= 4 is 11.4 Å². The topological polar surface area (TPSA) is 131 Å². The van der Waals surface area contributed by atoms with E-state index in [4.69, 9.17) is 26.0 Å². The molecule has 2 atom stereocenters. The minimum absolute atomic E-state index is 0.220. The minimum Gasteiger partial charge on any atom is -0.504 e. The number of benzene rings is 2. The van der Waals surface area contributed by atoms with Crippen LogP contribution in [0.25, 0.3) is 0 Å². The molecule has 7 nitrogen and oxygen atoms in total. The van der Waals surface area contributed by atoms with Crippen molar-refractivity contribution in [3.63, 3.8) is 0 Å². The highest BCUT2D eigenvalue weighted by Gasteiger charge is 2.37. The van der Waals surface area contributed by atoms with Crippen LogP contribution in [-0.4, -0.2) is 34.1 Å². The van der Waals surface area contributed by atoms with Crippen LogP contribution in [0.4, 0.5) is 11.4 Å². The molecule has 24 heavy (non-hydrogen) atoms. The summed E-state index contributed by atoms with van der Waals surface area (Å²) in [5.41, 5.74) is 12.2. The molecule has 0 fully saturated rings. The standard InChI is InChI=1S/C11H13NO5.C6H7N/c12-6-2-1-3-7(4-6)16-11-10(15)9(14)8(5-13)17-11;7-6-4-2-1-3-5-6/h1-4,8-9,13-15H,5,12H2;1-5H,7H2/t8-,9+;/m1./s1. The van der Waals surface area contributed by atoms with E-state index in [1.807, 2.05) is 30.3 Å². The van der Waals surface area contributed by atoms with Crippen LogP contribution in [0.15, 0.2) is 66.3 Å². The fraction of sp³-hybridized carbons (Fsp3) is 0.176. The Morgan fingerprint density at radius 3 is 2.17 bits per heavy atom. The number of hydrogen-bond acceptors (Lipinski definition) is 7. The summed E-state index contributed by atoms with van der Waals surface area (Å²) in [6, 6.07) is 16.0. The first-order valence-corrected chi connectivity index (χ1v) is 7.24. The van der Waals surface area contributed by atoms with Gasteiger partial charge in [0, 0.05) is 17.4 Å². The highest BCUT2D eigenvalue weighted by Crippen LogP contribution is 2.27. The predicted octanol–water partition coefficient (Wildman–Crippen LogP) is 1.40. The Morgan fingerprint density at radius 2 is 1.67 bits per heavy atom. The predicted molar refractivity (Wildman–Crippen MR) is 90.0 cm³/mol. The van der Waals surface area contributed by atoms with Crippen molar-refractivity contribution in [3.05, 3.63) is 66.3 Å². The average molecular weight is 332 g/mol. The van der Waals surface area contributed by atoms with Crippen LogP contribution in [-0.2, 0) is 4.74 Å². The van der Waals surface area contributed by atoms with E-state index in [-0.39, 0.29) is 5.95 Å². The van der Waals surface area contributed by atoms with Crippen LogP contribution in [0, 0.1) is 0 Å². The molecule has 1 aliphatic rings. The molecule has 3 rings (SSSR count). The van der Waals surface area contributed by atoms with Crippen molar-refractivity contribution in [2.75, 3.05) is 18.1 Å². The van der Waals surface area contributed by atoms with Gasteiger partial charge >= 0.3 is 5.95 Å². The lowest BCUT2D eigenvalue weighted by Gasteiger charge is -2.11. The second-order valence-corrected chi connectivity index (χ2v) is 5.04. The van der Waals surface area contributed by atoms with E-state index in [2.05, 4.69) is 0 Å². The van der Waals surface area contributed by atoms with Crippen LogP contribution in [0.5, 0.6) is 5.75 Å². The van der Waals surface area contributed by atoms with Gasteiger partial charge in [-0.25, -0.2) is 0 Å². The monoisotopic (exact) mass is 332 g/mol. The van der Waals surface area contributed by atoms with Crippen LogP contribution in [0.2, 0.25) is 0 Å². The third-order valence-electron chi connectivity index (χ3n) is 3.15. The van der Waals surface area contributed by atoms with Crippen molar-refractivity contribution in [3.8, 4) is 5.75 Å². The van der Waals surface area contributed by atoms with Gasteiger partial charge in [0.2, 0.25) is 5.76 Å². The first-order valence-electron chi connectivity index (χ1n) is 7.24. The zero-order valence-electron chi connectivity index (χ0n) is 12.9. The Morgan fingerprint density at radius 1 is 1.00 bits per heavy atom. The van der Waals surface area contributed by atoms with Gasteiger partial charge in [-0.05, 0) is 24.3 Å². The zero-order valence-corrected chi connectivity index (χ0v) is 12.9. The van der Waals surface area contributed by atoms with E-state index in [1.165, 1.54) is 0 Å². The summed E-state index contributed by atoms with van der Waals surface area (Å²) >= 11 is 0. The third kappa shape index (κ3) is 4.55. The Kier molecular flexibility index (Phi) is 5.89. The van der Waals surface area contributed by atoms with E-state index in [1.54, 1.807) is 24.3 Å². The highest BCUT2D eigenvalue weighted by atomic mass is 16.7. The largest absolute Gasteiger partial charge is 0.504 e. The van der Waals surface area contributed by atoms with Gasteiger partial charge in [0.25, 0.3) is 0 Å². The molecule has 7 N–H and O–H groups in total. The SMILES string of the molecule is Nc1cccc(OC2=C(O)[C@@H](O)[C@@H](CO)O2)c1.Nc1ccccc1. The second kappa shape index (κ2) is 8.09. The number of nitrogens with two attached hydrogens (primary N) is 2. The molecule has 2 aromatic carbocycles. The van der Waals surface area contributed by atoms with Crippen LogP contribution >= 0.6 is 0 Å². The van der Waals surface area contributed by atoms with Crippen molar-refractivity contribution in [1.29, 1.82) is 0 Å². The zero-order chi connectivity index (χ0) is 17.5. The molecule has 0 radical (unpaired) electrons. The fourth-order valence-corrected chi connectivity index (χ4v) is 1.91. The van der Waals surface area contributed by atoms with Gasteiger partial charge < -0.3 is 36.3 Å². The summed E-state index contributed by atoms with van der Waals surface area (Å²) in [5, 5.41) is 27.9. The van der Waals surface area contributed by atoms with Gasteiger partial charge in [0.1, 0.15) is 5.75 Å². The smallest absolute Gasteiger partial charge is 0.327 e. The quantitative estimate of drug-likeness (QED) is 0.537. The lowest BCUT2D eigenvalue weighted by molar-refractivity contribution is -0.0180. The van der Waals surface area contributed by atoms with Gasteiger partial charge in [-0.1, -0.05) is 24.3 Å². The molecule has 0 amide bonds. The molecule has 0 spiro atoms. The molecule has 0 aliphatic carbocycles.